The van der Waals surface area contributed by atoms with Gasteiger partial charge in [0.2, 0.25) is 0 Å². The van der Waals surface area contributed by atoms with Gasteiger partial charge in [0, 0.05) is 17.6 Å². The Bertz CT molecular complexity index is 591. The van der Waals surface area contributed by atoms with E-state index in [2.05, 4.69) is 15.0 Å². The lowest BCUT2D eigenvalue weighted by Crippen LogP contribution is -2.40. The van der Waals surface area contributed by atoms with Crippen LogP contribution in [0.5, 0.6) is 5.75 Å². The summed E-state index contributed by atoms with van der Waals surface area (Å²) in [5, 5.41) is 15.1. The van der Waals surface area contributed by atoms with Gasteiger partial charge in [0.25, 0.3) is 0 Å². The maximum absolute atomic E-state index is 10.2. The zero-order chi connectivity index (χ0) is 16.1. The summed E-state index contributed by atoms with van der Waals surface area (Å²) in [4.78, 5) is 6.28. The quantitative estimate of drug-likeness (QED) is 0.835. The summed E-state index contributed by atoms with van der Waals surface area (Å²) < 4.78 is 7.46. The number of β-amino-alcohol motifs (C(OH)–C–C–N with tert-alkyl or cyclic N) is 1. The van der Waals surface area contributed by atoms with Crippen LogP contribution in [0.4, 0.5) is 0 Å². The Kier molecular flexibility index (Phi) is 5.48. The smallest absolute Gasteiger partial charge is 0.137 e. The molecule has 1 aliphatic rings. The number of hydrogen-bond donors (Lipinski definition) is 1. The van der Waals surface area contributed by atoms with Crippen LogP contribution in [0, 0.1) is 0 Å². The molecule has 1 aliphatic heterocycles. The molecule has 3 rings (SSSR count). The molecule has 0 saturated carbocycles. The Labute approximate surface area is 140 Å². The summed E-state index contributed by atoms with van der Waals surface area (Å²) in [5.74, 6) is 0.717. The third kappa shape index (κ3) is 4.67. The SMILES string of the molecule is O[C@H](COc1ccc(Cl)cc1)CN1CCC[C@@H]1Cn1cncn1. The van der Waals surface area contributed by atoms with E-state index in [-0.39, 0.29) is 6.61 Å². The lowest BCUT2D eigenvalue weighted by atomic mass is 10.2. The van der Waals surface area contributed by atoms with Crippen molar-refractivity contribution in [2.24, 2.45) is 0 Å². The first kappa shape index (κ1) is 16.2. The van der Waals surface area contributed by atoms with Crippen LogP contribution in [0.2, 0.25) is 5.02 Å². The number of benzene rings is 1. The van der Waals surface area contributed by atoms with Gasteiger partial charge < -0.3 is 9.84 Å². The van der Waals surface area contributed by atoms with Gasteiger partial charge in [0.15, 0.2) is 0 Å². The van der Waals surface area contributed by atoms with Crippen LogP contribution in [-0.2, 0) is 6.54 Å². The number of halogens is 1. The summed E-state index contributed by atoms with van der Waals surface area (Å²) in [7, 11) is 0. The average Bonchev–Trinajstić information content (AvgIpc) is 3.20. The van der Waals surface area contributed by atoms with E-state index in [4.69, 9.17) is 16.3 Å². The molecule has 2 heterocycles. The molecule has 1 N–H and O–H groups in total. The van der Waals surface area contributed by atoms with Crippen molar-refractivity contribution in [1.29, 1.82) is 0 Å². The van der Waals surface area contributed by atoms with Gasteiger partial charge in [0.05, 0.1) is 6.54 Å². The van der Waals surface area contributed by atoms with Crippen molar-refractivity contribution in [1.82, 2.24) is 19.7 Å². The summed E-state index contributed by atoms with van der Waals surface area (Å²) >= 11 is 5.84. The second-order valence-electron chi connectivity index (χ2n) is 5.83. The monoisotopic (exact) mass is 336 g/mol. The van der Waals surface area contributed by atoms with Gasteiger partial charge in [-0.3, -0.25) is 9.58 Å². The fourth-order valence-electron chi connectivity index (χ4n) is 2.93. The van der Waals surface area contributed by atoms with Crippen LogP contribution in [0.15, 0.2) is 36.9 Å². The van der Waals surface area contributed by atoms with Gasteiger partial charge in [0.1, 0.15) is 31.1 Å². The van der Waals surface area contributed by atoms with Gasteiger partial charge in [-0.15, -0.1) is 0 Å². The van der Waals surface area contributed by atoms with E-state index in [0.29, 0.717) is 23.4 Å². The highest BCUT2D eigenvalue weighted by molar-refractivity contribution is 6.30. The first-order valence-electron chi connectivity index (χ1n) is 7.83. The molecule has 6 nitrogen and oxygen atoms in total. The second kappa shape index (κ2) is 7.77. The van der Waals surface area contributed by atoms with Gasteiger partial charge in [-0.1, -0.05) is 11.6 Å². The van der Waals surface area contributed by atoms with Crippen molar-refractivity contribution in [2.45, 2.75) is 31.5 Å². The van der Waals surface area contributed by atoms with Crippen LogP contribution in [0.3, 0.4) is 0 Å². The number of aliphatic hydroxyl groups excluding tert-OH is 1. The number of rotatable bonds is 7. The van der Waals surface area contributed by atoms with Gasteiger partial charge in [-0.05, 0) is 43.7 Å². The number of hydrogen-bond acceptors (Lipinski definition) is 5. The fourth-order valence-corrected chi connectivity index (χ4v) is 3.06. The van der Waals surface area contributed by atoms with Crippen molar-refractivity contribution in [3.63, 3.8) is 0 Å². The minimum absolute atomic E-state index is 0.272. The van der Waals surface area contributed by atoms with Gasteiger partial charge in [-0.25, -0.2) is 4.98 Å². The first-order chi connectivity index (χ1) is 11.2. The Morgan fingerprint density at radius 1 is 1.35 bits per heavy atom. The maximum Gasteiger partial charge on any atom is 0.137 e. The Morgan fingerprint density at radius 2 is 2.17 bits per heavy atom. The summed E-state index contributed by atoms with van der Waals surface area (Å²) in [6, 6.07) is 7.55. The fraction of sp³-hybridized carbons (Fsp3) is 0.500. The Balaban J connectivity index is 1.46. The largest absolute Gasteiger partial charge is 0.491 e. The standard InChI is InChI=1S/C16H21ClN4O2/c17-13-3-5-16(6-4-13)23-10-15(22)9-20-7-1-2-14(20)8-21-12-18-11-19-21/h3-6,11-12,14-15,22H,1-2,7-10H2/t14-,15+/m1/s1. The number of aromatic nitrogens is 3. The molecule has 0 aliphatic carbocycles. The van der Waals surface area contributed by atoms with Crippen molar-refractivity contribution >= 4 is 11.6 Å². The molecule has 1 aromatic carbocycles. The molecular weight excluding hydrogens is 316 g/mol. The third-order valence-corrected chi connectivity index (χ3v) is 4.32. The number of likely N-dealkylation sites (tertiary alicyclic amines) is 1. The minimum atomic E-state index is -0.526. The van der Waals surface area contributed by atoms with Crippen molar-refractivity contribution in [3.8, 4) is 5.75 Å². The summed E-state index contributed by atoms with van der Waals surface area (Å²) in [6.07, 6.45) is 5.02. The second-order valence-corrected chi connectivity index (χ2v) is 6.26. The van der Waals surface area contributed by atoms with E-state index >= 15 is 0 Å². The molecule has 7 heteroatoms. The van der Waals surface area contributed by atoms with Crippen LogP contribution >= 0.6 is 11.6 Å². The summed E-state index contributed by atoms with van der Waals surface area (Å²) in [5.41, 5.74) is 0. The molecule has 0 spiro atoms. The van der Waals surface area contributed by atoms with Crippen LogP contribution < -0.4 is 4.74 Å². The van der Waals surface area contributed by atoms with Gasteiger partial charge >= 0.3 is 0 Å². The maximum atomic E-state index is 10.2. The number of ether oxygens (including phenoxy) is 1. The van der Waals surface area contributed by atoms with E-state index in [1.165, 1.54) is 0 Å². The zero-order valence-corrected chi connectivity index (χ0v) is 13.6. The van der Waals surface area contributed by atoms with E-state index < -0.39 is 6.10 Å². The molecular formula is C16H21ClN4O2. The Morgan fingerprint density at radius 3 is 2.91 bits per heavy atom. The predicted molar refractivity (Wildman–Crippen MR) is 87.6 cm³/mol. The molecule has 0 amide bonds. The van der Waals surface area contributed by atoms with Crippen molar-refractivity contribution < 1.29 is 9.84 Å². The topological polar surface area (TPSA) is 63.4 Å². The average molecular weight is 337 g/mol. The molecule has 1 saturated heterocycles. The third-order valence-electron chi connectivity index (χ3n) is 4.06. The molecule has 2 aromatic rings. The van der Waals surface area contributed by atoms with Crippen molar-refractivity contribution in [3.05, 3.63) is 41.9 Å². The lowest BCUT2D eigenvalue weighted by molar-refractivity contribution is 0.0609. The van der Waals surface area contributed by atoms with Crippen LogP contribution in [0.25, 0.3) is 0 Å². The lowest BCUT2D eigenvalue weighted by Gasteiger charge is -2.26. The molecule has 23 heavy (non-hydrogen) atoms. The highest BCUT2D eigenvalue weighted by Gasteiger charge is 2.26. The van der Waals surface area contributed by atoms with E-state index in [0.717, 1.165) is 25.9 Å². The number of nitrogens with zero attached hydrogens (tertiary/aromatic N) is 4. The van der Waals surface area contributed by atoms with Crippen LogP contribution in [0.1, 0.15) is 12.8 Å². The molecule has 2 atom stereocenters. The highest BCUT2D eigenvalue weighted by Crippen LogP contribution is 2.19. The minimum Gasteiger partial charge on any atom is -0.491 e. The molecule has 1 aromatic heterocycles. The van der Waals surface area contributed by atoms with E-state index in [9.17, 15) is 5.11 Å². The van der Waals surface area contributed by atoms with E-state index in [1.807, 2.05) is 4.68 Å². The summed E-state index contributed by atoms with van der Waals surface area (Å²) in [6.45, 7) is 2.68. The molecule has 124 valence electrons. The van der Waals surface area contributed by atoms with Crippen molar-refractivity contribution in [2.75, 3.05) is 19.7 Å². The molecule has 0 unspecified atom stereocenters. The number of aliphatic hydroxyl groups is 1. The molecule has 0 radical (unpaired) electrons. The Hall–Kier alpha value is -1.63. The normalized spacial score (nSPS) is 19.8. The van der Waals surface area contributed by atoms with Gasteiger partial charge in [-0.2, -0.15) is 5.10 Å². The molecule has 1 fully saturated rings. The highest BCUT2D eigenvalue weighted by atomic mass is 35.5. The van der Waals surface area contributed by atoms with Crippen LogP contribution in [-0.4, -0.2) is 56.6 Å². The van der Waals surface area contributed by atoms with E-state index in [1.54, 1.807) is 36.9 Å². The first-order valence-corrected chi connectivity index (χ1v) is 8.21. The predicted octanol–water partition coefficient (Wildman–Crippen LogP) is 1.84. The molecule has 0 bridgehead atoms. The zero-order valence-electron chi connectivity index (χ0n) is 12.9.